The number of morpholine rings is 1. The first-order chi connectivity index (χ1) is 7.53. The van der Waals surface area contributed by atoms with Gasteiger partial charge in [0.25, 0.3) is 0 Å². The van der Waals surface area contributed by atoms with Crippen LogP contribution in [0.25, 0.3) is 0 Å². The van der Waals surface area contributed by atoms with E-state index in [9.17, 15) is 0 Å². The Kier molecular flexibility index (Phi) is 5.73. The summed E-state index contributed by atoms with van der Waals surface area (Å²) < 4.78 is 5.71. The van der Waals surface area contributed by atoms with Crippen molar-refractivity contribution in [3.05, 3.63) is 0 Å². The van der Waals surface area contributed by atoms with Gasteiger partial charge in [-0.15, -0.1) is 0 Å². The predicted octanol–water partition coefficient (Wildman–Crippen LogP) is 1.88. The SMILES string of the molecule is CCNC(C)CCCN1CCOC(C)(C)C1. The lowest BCUT2D eigenvalue weighted by Crippen LogP contribution is -2.48. The second-order valence-electron chi connectivity index (χ2n) is 5.49. The topological polar surface area (TPSA) is 24.5 Å². The van der Waals surface area contributed by atoms with Gasteiger partial charge in [0.2, 0.25) is 0 Å². The quantitative estimate of drug-likeness (QED) is 0.751. The van der Waals surface area contributed by atoms with Crippen molar-refractivity contribution in [2.45, 2.75) is 52.2 Å². The molecular weight excluding hydrogens is 200 g/mol. The molecule has 0 aliphatic carbocycles. The van der Waals surface area contributed by atoms with Gasteiger partial charge in [0, 0.05) is 19.1 Å². The zero-order chi connectivity index (χ0) is 12.0. The largest absolute Gasteiger partial charge is 0.373 e. The lowest BCUT2D eigenvalue weighted by atomic mass is 10.1. The molecule has 1 fully saturated rings. The van der Waals surface area contributed by atoms with Crippen LogP contribution in [-0.2, 0) is 4.74 Å². The van der Waals surface area contributed by atoms with Gasteiger partial charge < -0.3 is 10.1 Å². The summed E-state index contributed by atoms with van der Waals surface area (Å²) in [7, 11) is 0. The third-order valence-corrected chi connectivity index (χ3v) is 3.17. The maximum Gasteiger partial charge on any atom is 0.0753 e. The molecule has 96 valence electrons. The van der Waals surface area contributed by atoms with Gasteiger partial charge in [0.1, 0.15) is 0 Å². The molecule has 0 aromatic carbocycles. The normalized spacial score (nSPS) is 23.2. The van der Waals surface area contributed by atoms with Crippen LogP contribution < -0.4 is 5.32 Å². The van der Waals surface area contributed by atoms with Gasteiger partial charge in [-0.05, 0) is 46.7 Å². The molecule has 0 spiro atoms. The summed E-state index contributed by atoms with van der Waals surface area (Å²) in [5.74, 6) is 0. The molecule has 0 saturated carbocycles. The third kappa shape index (κ3) is 5.28. The van der Waals surface area contributed by atoms with Crippen molar-refractivity contribution in [3.63, 3.8) is 0 Å². The molecule has 1 heterocycles. The molecule has 0 radical (unpaired) electrons. The Morgan fingerprint density at radius 2 is 2.19 bits per heavy atom. The maximum atomic E-state index is 5.71. The highest BCUT2D eigenvalue weighted by molar-refractivity contribution is 4.79. The lowest BCUT2D eigenvalue weighted by molar-refractivity contribution is -0.0861. The second kappa shape index (κ2) is 6.58. The molecule has 1 unspecified atom stereocenters. The number of rotatable bonds is 6. The molecule has 3 nitrogen and oxygen atoms in total. The summed E-state index contributed by atoms with van der Waals surface area (Å²) in [5, 5.41) is 3.46. The van der Waals surface area contributed by atoms with Crippen LogP contribution in [0, 0.1) is 0 Å². The van der Waals surface area contributed by atoms with Crippen LogP contribution in [-0.4, -0.2) is 49.3 Å². The smallest absolute Gasteiger partial charge is 0.0753 e. The Balaban J connectivity index is 2.13. The molecule has 0 aromatic rings. The van der Waals surface area contributed by atoms with Crippen molar-refractivity contribution in [3.8, 4) is 0 Å². The number of nitrogens with zero attached hydrogens (tertiary/aromatic N) is 1. The molecule has 1 atom stereocenters. The number of hydrogen-bond donors (Lipinski definition) is 1. The van der Waals surface area contributed by atoms with E-state index in [0.29, 0.717) is 6.04 Å². The van der Waals surface area contributed by atoms with Crippen molar-refractivity contribution < 1.29 is 4.74 Å². The molecule has 3 heteroatoms. The van der Waals surface area contributed by atoms with Gasteiger partial charge in [0.15, 0.2) is 0 Å². The summed E-state index contributed by atoms with van der Waals surface area (Å²) in [6.45, 7) is 14.1. The molecular formula is C13H28N2O. The Morgan fingerprint density at radius 3 is 2.81 bits per heavy atom. The van der Waals surface area contributed by atoms with Crippen molar-refractivity contribution in [2.75, 3.05) is 32.8 Å². The maximum absolute atomic E-state index is 5.71. The average molecular weight is 228 g/mol. The van der Waals surface area contributed by atoms with Crippen molar-refractivity contribution in [2.24, 2.45) is 0 Å². The van der Waals surface area contributed by atoms with Crippen LogP contribution in [0.3, 0.4) is 0 Å². The average Bonchev–Trinajstić information content (AvgIpc) is 2.16. The number of nitrogens with one attached hydrogen (secondary N) is 1. The van der Waals surface area contributed by atoms with E-state index in [1.807, 2.05) is 0 Å². The Hall–Kier alpha value is -0.120. The first-order valence-corrected chi connectivity index (χ1v) is 6.63. The van der Waals surface area contributed by atoms with Crippen molar-refractivity contribution in [1.29, 1.82) is 0 Å². The highest BCUT2D eigenvalue weighted by Gasteiger charge is 2.26. The van der Waals surface area contributed by atoms with Gasteiger partial charge >= 0.3 is 0 Å². The molecule has 1 aliphatic rings. The predicted molar refractivity (Wildman–Crippen MR) is 68.8 cm³/mol. The Labute approximate surface area is 101 Å². The fourth-order valence-corrected chi connectivity index (χ4v) is 2.38. The molecule has 1 rings (SSSR count). The van der Waals surface area contributed by atoms with Crippen molar-refractivity contribution in [1.82, 2.24) is 10.2 Å². The van der Waals surface area contributed by atoms with E-state index in [1.54, 1.807) is 0 Å². The standard InChI is InChI=1S/C13H28N2O/c1-5-14-12(2)7-6-8-15-9-10-16-13(3,4)11-15/h12,14H,5-11H2,1-4H3. The number of hydrogen-bond acceptors (Lipinski definition) is 3. The van der Waals surface area contributed by atoms with E-state index in [2.05, 4.69) is 37.9 Å². The van der Waals surface area contributed by atoms with E-state index in [0.717, 1.165) is 26.2 Å². The lowest BCUT2D eigenvalue weighted by Gasteiger charge is -2.38. The van der Waals surface area contributed by atoms with Gasteiger partial charge in [-0.3, -0.25) is 4.90 Å². The van der Waals surface area contributed by atoms with E-state index < -0.39 is 0 Å². The van der Waals surface area contributed by atoms with Gasteiger partial charge in [-0.25, -0.2) is 0 Å². The summed E-state index contributed by atoms with van der Waals surface area (Å²) in [5.41, 5.74) is 0.0472. The first-order valence-electron chi connectivity index (χ1n) is 6.63. The molecule has 0 amide bonds. The molecule has 16 heavy (non-hydrogen) atoms. The van der Waals surface area contributed by atoms with Crippen LogP contribution in [0.2, 0.25) is 0 Å². The summed E-state index contributed by atoms with van der Waals surface area (Å²) >= 11 is 0. The Morgan fingerprint density at radius 1 is 1.44 bits per heavy atom. The zero-order valence-electron chi connectivity index (χ0n) is 11.4. The molecule has 0 bridgehead atoms. The molecule has 0 aromatic heterocycles. The second-order valence-corrected chi connectivity index (χ2v) is 5.49. The van der Waals surface area contributed by atoms with E-state index in [4.69, 9.17) is 4.74 Å². The van der Waals surface area contributed by atoms with Crippen LogP contribution in [0.15, 0.2) is 0 Å². The van der Waals surface area contributed by atoms with Crippen molar-refractivity contribution >= 4 is 0 Å². The summed E-state index contributed by atoms with van der Waals surface area (Å²) in [4.78, 5) is 2.53. The fraction of sp³-hybridized carbons (Fsp3) is 1.00. The van der Waals surface area contributed by atoms with Gasteiger partial charge in [-0.1, -0.05) is 6.92 Å². The van der Waals surface area contributed by atoms with Crippen LogP contribution in [0.1, 0.15) is 40.5 Å². The van der Waals surface area contributed by atoms with E-state index >= 15 is 0 Å². The highest BCUT2D eigenvalue weighted by Crippen LogP contribution is 2.16. The minimum atomic E-state index is 0.0472. The van der Waals surface area contributed by atoms with Crippen LogP contribution >= 0.6 is 0 Å². The van der Waals surface area contributed by atoms with Gasteiger partial charge in [0.05, 0.1) is 12.2 Å². The zero-order valence-corrected chi connectivity index (χ0v) is 11.4. The molecule has 1 N–H and O–H groups in total. The minimum absolute atomic E-state index is 0.0472. The monoisotopic (exact) mass is 228 g/mol. The summed E-state index contributed by atoms with van der Waals surface area (Å²) in [6.07, 6.45) is 2.55. The van der Waals surface area contributed by atoms with Gasteiger partial charge in [-0.2, -0.15) is 0 Å². The van der Waals surface area contributed by atoms with E-state index in [1.165, 1.54) is 19.4 Å². The van der Waals surface area contributed by atoms with E-state index in [-0.39, 0.29) is 5.60 Å². The number of ether oxygens (including phenoxy) is 1. The minimum Gasteiger partial charge on any atom is -0.373 e. The summed E-state index contributed by atoms with van der Waals surface area (Å²) in [6, 6.07) is 0.652. The van der Waals surface area contributed by atoms with Crippen LogP contribution in [0.4, 0.5) is 0 Å². The Bertz CT molecular complexity index is 194. The molecule has 1 aliphatic heterocycles. The van der Waals surface area contributed by atoms with Crippen LogP contribution in [0.5, 0.6) is 0 Å². The fourth-order valence-electron chi connectivity index (χ4n) is 2.38. The molecule has 1 saturated heterocycles. The highest BCUT2D eigenvalue weighted by atomic mass is 16.5. The third-order valence-electron chi connectivity index (χ3n) is 3.17. The first kappa shape index (κ1) is 13.9.